The monoisotopic (exact) mass is 526 g/mol. The van der Waals surface area contributed by atoms with Gasteiger partial charge in [-0.3, -0.25) is 4.79 Å². The van der Waals surface area contributed by atoms with Gasteiger partial charge in [-0.05, 0) is 69.4 Å². The van der Waals surface area contributed by atoms with Crippen LogP contribution >= 0.6 is 56.8 Å². The second-order valence-electron chi connectivity index (χ2n) is 4.00. The van der Waals surface area contributed by atoms with Crippen molar-refractivity contribution in [3.8, 4) is 5.75 Å². The number of nitrogens with zero attached hydrogens (tertiary/aromatic N) is 1. The van der Waals surface area contributed by atoms with Crippen LogP contribution in [0, 0.1) is 7.14 Å². The van der Waals surface area contributed by atoms with Crippen molar-refractivity contribution in [1.82, 2.24) is 5.43 Å². The topological polar surface area (TPSA) is 61.7 Å². The van der Waals surface area contributed by atoms with E-state index in [1.807, 2.05) is 28.7 Å². The maximum absolute atomic E-state index is 11.9. The molecule has 2 rings (SSSR count). The van der Waals surface area contributed by atoms with E-state index < -0.39 is 5.91 Å². The Morgan fingerprint density at radius 1 is 1.29 bits per heavy atom. The highest BCUT2D eigenvalue weighted by molar-refractivity contribution is 14.1. The van der Waals surface area contributed by atoms with Gasteiger partial charge in [0.25, 0.3) is 5.91 Å². The molecule has 1 amide bonds. The van der Waals surface area contributed by atoms with Gasteiger partial charge in [-0.2, -0.15) is 5.10 Å². The van der Waals surface area contributed by atoms with Crippen LogP contribution < -0.4 is 5.43 Å². The Morgan fingerprint density at radius 2 is 2.00 bits per heavy atom. The van der Waals surface area contributed by atoms with Crippen LogP contribution in [0.5, 0.6) is 5.75 Å². The number of carbonyl (C=O) groups is 1. The molecule has 0 fully saturated rings. The number of aromatic hydroxyl groups is 1. The lowest BCUT2D eigenvalue weighted by Gasteiger charge is -2.04. The normalized spacial score (nSPS) is 10.8. The molecule has 0 aliphatic rings. The van der Waals surface area contributed by atoms with Gasteiger partial charge in [-0.15, -0.1) is 0 Å². The number of hydrogen-bond donors (Lipinski definition) is 2. The Labute approximate surface area is 153 Å². The molecule has 2 N–H and O–H groups in total. The van der Waals surface area contributed by atoms with Crippen LogP contribution in [0.25, 0.3) is 0 Å². The standard InChI is InChI=1S/C14H9ClI2N2O2/c15-11-4-2-1-3-10(11)14(21)19-18-7-8-5-9(16)6-12(17)13(8)20/h1-7,20H,(H,19,21)/b18-7+. The van der Waals surface area contributed by atoms with Gasteiger partial charge >= 0.3 is 0 Å². The molecule has 0 unspecified atom stereocenters. The van der Waals surface area contributed by atoms with E-state index in [9.17, 15) is 9.90 Å². The van der Waals surface area contributed by atoms with Crippen molar-refractivity contribution in [3.05, 3.63) is 59.7 Å². The van der Waals surface area contributed by atoms with Gasteiger partial charge in [-0.1, -0.05) is 23.7 Å². The van der Waals surface area contributed by atoms with Gasteiger partial charge in [0.05, 0.1) is 20.4 Å². The maximum Gasteiger partial charge on any atom is 0.272 e. The van der Waals surface area contributed by atoms with Gasteiger partial charge in [-0.25, -0.2) is 5.43 Å². The van der Waals surface area contributed by atoms with E-state index in [-0.39, 0.29) is 5.75 Å². The maximum atomic E-state index is 11.9. The predicted molar refractivity (Wildman–Crippen MR) is 100 cm³/mol. The third-order valence-electron chi connectivity index (χ3n) is 2.55. The SMILES string of the molecule is O=C(N/N=C/c1cc(I)cc(I)c1O)c1ccccc1Cl. The quantitative estimate of drug-likeness (QED) is 0.361. The zero-order valence-corrected chi connectivity index (χ0v) is 15.5. The van der Waals surface area contributed by atoms with Crippen molar-refractivity contribution in [2.24, 2.45) is 5.10 Å². The van der Waals surface area contributed by atoms with Crippen LogP contribution in [0.1, 0.15) is 15.9 Å². The van der Waals surface area contributed by atoms with E-state index in [4.69, 9.17) is 11.6 Å². The molecule has 21 heavy (non-hydrogen) atoms. The average molecular weight is 526 g/mol. The van der Waals surface area contributed by atoms with E-state index in [1.165, 1.54) is 6.21 Å². The van der Waals surface area contributed by atoms with E-state index in [2.05, 4.69) is 33.1 Å². The molecule has 2 aromatic carbocycles. The second kappa shape index (κ2) is 7.41. The predicted octanol–water partition coefficient (Wildman–Crippen LogP) is 4.02. The summed E-state index contributed by atoms with van der Waals surface area (Å²) in [5, 5.41) is 14.1. The highest BCUT2D eigenvalue weighted by atomic mass is 127. The zero-order valence-electron chi connectivity index (χ0n) is 10.5. The van der Waals surface area contributed by atoms with Crippen molar-refractivity contribution >= 4 is 68.9 Å². The van der Waals surface area contributed by atoms with Crippen molar-refractivity contribution in [3.63, 3.8) is 0 Å². The largest absolute Gasteiger partial charge is 0.506 e. The van der Waals surface area contributed by atoms with Crippen LogP contribution in [0.15, 0.2) is 41.5 Å². The summed E-state index contributed by atoms with van der Waals surface area (Å²) in [4.78, 5) is 11.9. The number of amides is 1. The molecule has 0 spiro atoms. The molecule has 4 nitrogen and oxygen atoms in total. The lowest BCUT2D eigenvalue weighted by Crippen LogP contribution is -2.18. The Morgan fingerprint density at radius 3 is 2.71 bits per heavy atom. The summed E-state index contributed by atoms with van der Waals surface area (Å²) in [7, 11) is 0. The van der Waals surface area contributed by atoms with Gasteiger partial charge in [0.15, 0.2) is 0 Å². The summed E-state index contributed by atoms with van der Waals surface area (Å²) in [5.74, 6) is -0.275. The fourth-order valence-corrected chi connectivity index (χ4v) is 3.66. The van der Waals surface area contributed by atoms with Crippen LogP contribution in [0.4, 0.5) is 0 Å². The minimum atomic E-state index is -0.406. The molecule has 108 valence electrons. The molecule has 0 heterocycles. The third kappa shape index (κ3) is 4.30. The number of carbonyl (C=O) groups excluding carboxylic acids is 1. The first kappa shape index (κ1) is 16.5. The highest BCUT2D eigenvalue weighted by Crippen LogP contribution is 2.25. The van der Waals surface area contributed by atoms with Gasteiger partial charge in [0.2, 0.25) is 0 Å². The zero-order chi connectivity index (χ0) is 15.4. The summed E-state index contributed by atoms with van der Waals surface area (Å²) >= 11 is 10.1. The summed E-state index contributed by atoms with van der Waals surface area (Å²) in [5.41, 5.74) is 3.26. The Bertz CT molecular complexity index is 720. The number of rotatable bonds is 3. The van der Waals surface area contributed by atoms with Crippen LogP contribution in [-0.4, -0.2) is 17.2 Å². The molecule has 0 atom stereocenters. The van der Waals surface area contributed by atoms with E-state index >= 15 is 0 Å². The van der Waals surface area contributed by atoms with Crippen LogP contribution in [-0.2, 0) is 0 Å². The minimum Gasteiger partial charge on any atom is -0.506 e. The van der Waals surface area contributed by atoms with Crippen LogP contribution in [0.2, 0.25) is 5.02 Å². The first-order valence-electron chi connectivity index (χ1n) is 5.75. The third-order valence-corrected chi connectivity index (χ3v) is 4.32. The van der Waals surface area contributed by atoms with Gasteiger partial charge < -0.3 is 5.11 Å². The first-order chi connectivity index (χ1) is 9.99. The lowest BCUT2D eigenvalue weighted by molar-refractivity contribution is 0.0955. The molecular weight excluding hydrogens is 517 g/mol. The molecule has 0 aliphatic carbocycles. The molecule has 0 saturated carbocycles. The molecule has 2 aromatic rings. The second-order valence-corrected chi connectivity index (χ2v) is 6.82. The fourth-order valence-electron chi connectivity index (χ4n) is 1.55. The van der Waals surface area contributed by atoms with Crippen molar-refractivity contribution in [1.29, 1.82) is 0 Å². The van der Waals surface area contributed by atoms with Crippen LogP contribution in [0.3, 0.4) is 0 Å². The Kier molecular flexibility index (Phi) is 5.82. The van der Waals surface area contributed by atoms with Crippen molar-refractivity contribution in [2.45, 2.75) is 0 Å². The number of hydrogen-bond acceptors (Lipinski definition) is 3. The molecule has 0 aromatic heterocycles. The molecule has 0 saturated heterocycles. The molecule has 0 bridgehead atoms. The van der Waals surface area contributed by atoms with Gasteiger partial charge in [0.1, 0.15) is 5.75 Å². The fraction of sp³-hybridized carbons (Fsp3) is 0. The Hall–Kier alpha value is -0.870. The number of phenols is 1. The summed E-state index contributed by atoms with van der Waals surface area (Å²) < 4.78 is 1.69. The van der Waals surface area contributed by atoms with E-state index in [0.29, 0.717) is 16.1 Å². The number of phenolic OH excluding ortho intramolecular Hbond substituents is 1. The summed E-state index contributed by atoms with van der Waals surface area (Å²) in [6.45, 7) is 0. The summed E-state index contributed by atoms with van der Waals surface area (Å²) in [6, 6.07) is 10.3. The highest BCUT2D eigenvalue weighted by Gasteiger charge is 2.08. The molecular formula is C14H9ClI2N2O2. The van der Waals surface area contributed by atoms with Gasteiger partial charge in [0, 0.05) is 9.13 Å². The van der Waals surface area contributed by atoms with E-state index in [1.54, 1.807) is 30.3 Å². The number of nitrogens with one attached hydrogen (secondary N) is 1. The number of hydrazone groups is 1. The van der Waals surface area contributed by atoms with E-state index in [0.717, 1.165) is 7.14 Å². The van der Waals surface area contributed by atoms with Crippen molar-refractivity contribution < 1.29 is 9.90 Å². The molecule has 7 heteroatoms. The molecule has 0 aliphatic heterocycles. The average Bonchev–Trinajstić information content (AvgIpc) is 2.44. The molecule has 0 radical (unpaired) electrons. The lowest BCUT2D eigenvalue weighted by atomic mass is 10.2. The first-order valence-corrected chi connectivity index (χ1v) is 8.28. The number of halogens is 3. The smallest absolute Gasteiger partial charge is 0.272 e. The Balaban J connectivity index is 2.13. The minimum absolute atomic E-state index is 0.131. The summed E-state index contributed by atoms with van der Waals surface area (Å²) in [6.07, 6.45) is 1.40. The number of benzene rings is 2. The van der Waals surface area contributed by atoms with Crippen molar-refractivity contribution in [2.75, 3.05) is 0 Å².